The van der Waals surface area contributed by atoms with E-state index in [2.05, 4.69) is 37.1 Å². The average Bonchev–Trinajstić information content (AvgIpc) is 3.01. The summed E-state index contributed by atoms with van der Waals surface area (Å²) in [6.07, 6.45) is 3.39. The Morgan fingerprint density at radius 2 is 1.92 bits per heavy atom. The Bertz CT molecular complexity index is 719. The summed E-state index contributed by atoms with van der Waals surface area (Å²) in [6, 6.07) is 8.11. The van der Waals surface area contributed by atoms with Crippen LogP contribution in [0.25, 0.3) is 0 Å². The van der Waals surface area contributed by atoms with E-state index >= 15 is 0 Å². The molecule has 0 N–H and O–H groups in total. The maximum atomic E-state index is 12.4. The van der Waals surface area contributed by atoms with Crippen LogP contribution in [0.4, 0.5) is 0 Å². The quantitative estimate of drug-likeness (QED) is 0.853. The van der Waals surface area contributed by atoms with Gasteiger partial charge in [-0.3, -0.25) is 14.3 Å². The Morgan fingerprint density at radius 3 is 2.54 bits per heavy atom. The number of hydrogen-bond acceptors (Lipinski definition) is 3. The number of amides is 2. The van der Waals surface area contributed by atoms with E-state index in [9.17, 15) is 9.59 Å². The van der Waals surface area contributed by atoms with E-state index in [1.165, 1.54) is 11.1 Å². The number of benzene rings is 1. The second-order valence-corrected chi connectivity index (χ2v) is 6.33. The fourth-order valence-electron chi connectivity index (χ4n) is 3.10. The molecule has 0 bridgehead atoms. The minimum Gasteiger partial charge on any atom is -0.335 e. The summed E-state index contributed by atoms with van der Waals surface area (Å²) in [5, 5.41) is 4.03. The van der Waals surface area contributed by atoms with Crippen LogP contribution < -0.4 is 0 Å². The molecular weight excluding hydrogens is 304 g/mol. The number of carbonyl (C=O) groups is 2. The molecule has 1 aromatic heterocycles. The molecular formula is C18H22N4O2. The molecule has 1 aliphatic heterocycles. The van der Waals surface area contributed by atoms with Crippen LogP contribution in [0, 0.1) is 13.8 Å². The van der Waals surface area contributed by atoms with Gasteiger partial charge < -0.3 is 9.80 Å². The van der Waals surface area contributed by atoms with Gasteiger partial charge in [0.25, 0.3) is 0 Å². The van der Waals surface area contributed by atoms with Gasteiger partial charge in [-0.2, -0.15) is 5.10 Å². The van der Waals surface area contributed by atoms with Crippen LogP contribution in [-0.2, 0) is 22.7 Å². The van der Waals surface area contributed by atoms with Crippen LogP contribution in [0.3, 0.4) is 0 Å². The Hall–Kier alpha value is -2.63. The minimum absolute atomic E-state index is 0.00535. The first-order valence-corrected chi connectivity index (χ1v) is 8.11. The molecule has 3 rings (SSSR count). The fraction of sp³-hybridized carbons (Fsp3) is 0.389. The molecule has 24 heavy (non-hydrogen) atoms. The van der Waals surface area contributed by atoms with Gasteiger partial charge in [0.1, 0.15) is 6.54 Å². The molecule has 0 saturated carbocycles. The van der Waals surface area contributed by atoms with Crippen molar-refractivity contribution in [1.29, 1.82) is 0 Å². The van der Waals surface area contributed by atoms with Crippen LogP contribution in [0.15, 0.2) is 36.7 Å². The summed E-state index contributed by atoms with van der Waals surface area (Å²) in [6.45, 7) is 6.17. The molecule has 6 nitrogen and oxygen atoms in total. The number of aryl methyl sites for hydroxylation is 2. The zero-order valence-electron chi connectivity index (χ0n) is 14.1. The monoisotopic (exact) mass is 326 g/mol. The van der Waals surface area contributed by atoms with Crippen LogP contribution in [0.1, 0.15) is 16.7 Å². The van der Waals surface area contributed by atoms with Crippen molar-refractivity contribution in [1.82, 2.24) is 19.6 Å². The number of aromatic nitrogens is 2. The Morgan fingerprint density at radius 1 is 1.17 bits per heavy atom. The minimum atomic E-state index is -0.0712. The van der Waals surface area contributed by atoms with Crippen molar-refractivity contribution in [2.75, 3.05) is 19.6 Å². The lowest BCUT2D eigenvalue weighted by molar-refractivity contribution is -0.146. The van der Waals surface area contributed by atoms with E-state index < -0.39 is 0 Å². The largest absolute Gasteiger partial charge is 0.335 e. The molecule has 1 fully saturated rings. The molecule has 0 radical (unpaired) electrons. The third-order valence-electron chi connectivity index (χ3n) is 4.18. The molecule has 2 heterocycles. The van der Waals surface area contributed by atoms with Gasteiger partial charge >= 0.3 is 0 Å². The number of carbonyl (C=O) groups excluding carboxylic acids is 2. The van der Waals surface area contributed by atoms with Crippen molar-refractivity contribution >= 4 is 11.8 Å². The standard InChI is InChI=1S/C18H22N4O2/c1-14-8-15(2)10-16(9-14)11-20-6-7-21(12-17(20)23)18(24)13-22-5-3-4-19-22/h3-5,8-10H,6-7,11-13H2,1-2H3. The van der Waals surface area contributed by atoms with Crippen LogP contribution in [0.2, 0.25) is 0 Å². The molecule has 1 saturated heterocycles. The molecule has 0 spiro atoms. The van der Waals surface area contributed by atoms with Gasteiger partial charge in [-0.15, -0.1) is 0 Å². The van der Waals surface area contributed by atoms with Gasteiger partial charge in [-0.05, 0) is 25.5 Å². The first-order chi connectivity index (χ1) is 11.5. The van der Waals surface area contributed by atoms with Gasteiger partial charge in [0.15, 0.2) is 0 Å². The SMILES string of the molecule is Cc1cc(C)cc(CN2CCN(C(=O)Cn3cccn3)CC2=O)c1. The van der Waals surface area contributed by atoms with E-state index in [1.807, 2.05) is 4.90 Å². The highest BCUT2D eigenvalue weighted by Crippen LogP contribution is 2.14. The van der Waals surface area contributed by atoms with Crippen molar-refractivity contribution < 1.29 is 9.59 Å². The Labute approximate surface area is 141 Å². The first-order valence-electron chi connectivity index (χ1n) is 8.11. The van der Waals surface area contributed by atoms with Crippen LogP contribution in [-0.4, -0.2) is 51.0 Å². The number of hydrogen-bond donors (Lipinski definition) is 0. The average molecular weight is 326 g/mol. The van der Waals surface area contributed by atoms with E-state index in [1.54, 1.807) is 28.0 Å². The zero-order chi connectivity index (χ0) is 17.1. The Kier molecular flexibility index (Phi) is 4.64. The number of nitrogens with zero attached hydrogens (tertiary/aromatic N) is 4. The van der Waals surface area contributed by atoms with Crippen LogP contribution in [0.5, 0.6) is 0 Å². The summed E-state index contributed by atoms with van der Waals surface area (Å²) in [4.78, 5) is 28.1. The molecule has 0 aliphatic carbocycles. The highest BCUT2D eigenvalue weighted by molar-refractivity contribution is 5.85. The van der Waals surface area contributed by atoms with Gasteiger partial charge in [-0.1, -0.05) is 29.3 Å². The summed E-state index contributed by atoms with van der Waals surface area (Å²) in [7, 11) is 0. The highest BCUT2D eigenvalue weighted by Gasteiger charge is 2.27. The van der Waals surface area contributed by atoms with E-state index in [4.69, 9.17) is 0 Å². The zero-order valence-corrected chi connectivity index (χ0v) is 14.1. The summed E-state index contributed by atoms with van der Waals surface area (Å²) in [5.74, 6) is -0.0766. The normalized spacial score (nSPS) is 15.0. The molecule has 1 aliphatic rings. The van der Waals surface area contributed by atoms with Gasteiger partial charge in [0, 0.05) is 32.0 Å². The summed E-state index contributed by atoms with van der Waals surface area (Å²) >= 11 is 0. The van der Waals surface area contributed by atoms with Gasteiger partial charge in [-0.25, -0.2) is 0 Å². The van der Waals surface area contributed by atoms with E-state index in [-0.39, 0.29) is 24.9 Å². The Balaban J connectivity index is 1.58. The second kappa shape index (κ2) is 6.86. The van der Waals surface area contributed by atoms with Crippen molar-refractivity contribution in [3.05, 3.63) is 53.3 Å². The van der Waals surface area contributed by atoms with Crippen molar-refractivity contribution in [3.8, 4) is 0 Å². The molecule has 126 valence electrons. The van der Waals surface area contributed by atoms with E-state index in [0.717, 1.165) is 5.56 Å². The predicted octanol–water partition coefficient (Wildman–Crippen LogP) is 1.37. The van der Waals surface area contributed by atoms with Crippen molar-refractivity contribution in [3.63, 3.8) is 0 Å². The maximum absolute atomic E-state index is 12.4. The number of rotatable bonds is 4. The van der Waals surface area contributed by atoms with Gasteiger partial charge in [0.05, 0.1) is 6.54 Å². The molecule has 0 atom stereocenters. The predicted molar refractivity (Wildman–Crippen MR) is 90.1 cm³/mol. The molecule has 2 amide bonds. The first kappa shape index (κ1) is 16.2. The van der Waals surface area contributed by atoms with Crippen molar-refractivity contribution in [2.24, 2.45) is 0 Å². The third-order valence-corrected chi connectivity index (χ3v) is 4.18. The lowest BCUT2D eigenvalue weighted by Gasteiger charge is -2.34. The van der Waals surface area contributed by atoms with Crippen LogP contribution >= 0.6 is 0 Å². The lowest BCUT2D eigenvalue weighted by atomic mass is 10.1. The molecule has 6 heteroatoms. The summed E-state index contributed by atoms with van der Waals surface area (Å²) < 4.78 is 1.58. The van der Waals surface area contributed by atoms with Crippen molar-refractivity contribution in [2.45, 2.75) is 26.9 Å². The lowest BCUT2D eigenvalue weighted by Crippen LogP contribution is -2.52. The summed E-state index contributed by atoms with van der Waals surface area (Å²) in [5.41, 5.74) is 3.54. The fourth-order valence-corrected chi connectivity index (χ4v) is 3.10. The second-order valence-electron chi connectivity index (χ2n) is 6.33. The highest BCUT2D eigenvalue weighted by atomic mass is 16.2. The van der Waals surface area contributed by atoms with Gasteiger partial charge in [0.2, 0.25) is 11.8 Å². The van der Waals surface area contributed by atoms with E-state index in [0.29, 0.717) is 19.6 Å². The number of piperazine rings is 1. The molecule has 2 aromatic rings. The molecule has 1 aromatic carbocycles. The smallest absolute Gasteiger partial charge is 0.244 e. The molecule has 0 unspecified atom stereocenters. The topological polar surface area (TPSA) is 58.4 Å². The maximum Gasteiger partial charge on any atom is 0.244 e. The third kappa shape index (κ3) is 3.82.